The summed E-state index contributed by atoms with van der Waals surface area (Å²) in [6.45, 7) is 2.92. The van der Waals surface area contributed by atoms with Gasteiger partial charge in [-0.1, -0.05) is 66.7 Å². The largest absolute Gasteiger partial charge is 0.354 e. The lowest BCUT2D eigenvalue weighted by molar-refractivity contribution is -0.121. The highest BCUT2D eigenvalue weighted by atomic mass is 32.1. The molecular formula is C25H28N2OS. The number of nitrogens with zero attached hydrogens (tertiary/aromatic N) is 1. The number of hydrogen-bond acceptors (Lipinski definition) is 3. The van der Waals surface area contributed by atoms with Gasteiger partial charge in [-0.2, -0.15) is 0 Å². The summed E-state index contributed by atoms with van der Waals surface area (Å²) in [5.74, 6) is 0.188. The monoisotopic (exact) mass is 404 g/mol. The second-order valence-corrected chi connectivity index (χ2v) is 8.64. The van der Waals surface area contributed by atoms with Crippen molar-refractivity contribution in [3.8, 4) is 0 Å². The van der Waals surface area contributed by atoms with E-state index in [9.17, 15) is 4.79 Å². The van der Waals surface area contributed by atoms with E-state index >= 15 is 0 Å². The molecule has 2 aromatic carbocycles. The van der Waals surface area contributed by atoms with E-state index in [1.54, 1.807) is 11.3 Å². The van der Waals surface area contributed by atoms with E-state index in [0.29, 0.717) is 13.0 Å². The maximum Gasteiger partial charge on any atom is 0.221 e. The van der Waals surface area contributed by atoms with Crippen LogP contribution in [-0.2, 0) is 4.79 Å². The minimum Gasteiger partial charge on any atom is -0.354 e. The third-order valence-corrected chi connectivity index (χ3v) is 6.71. The molecule has 3 nitrogen and oxygen atoms in total. The number of nitrogens with one attached hydrogen (secondary N) is 1. The molecule has 4 heteroatoms. The summed E-state index contributed by atoms with van der Waals surface area (Å²) in [4.78, 5) is 16.8. The van der Waals surface area contributed by atoms with Crippen LogP contribution in [-0.4, -0.2) is 30.4 Å². The smallest absolute Gasteiger partial charge is 0.221 e. The highest BCUT2D eigenvalue weighted by Gasteiger charge is 2.25. The molecular weight excluding hydrogens is 376 g/mol. The zero-order valence-corrected chi connectivity index (χ0v) is 17.5. The van der Waals surface area contributed by atoms with Crippen molar-refractivity contribution in [2.24, 2.45) is 0 Å². The van der Waals surface area contributed by atoms with Crippen molar-refractivity contribution >= 4 is 17.2 Å². The Bertz CT molecular complexity index is 834. The van der Waals surface area contributed by atoms with Crippen molar-refractivity contribution in [3.05, 3.63) is 94.2 Å². The maximum atomic E-state index is 13.0. The highest BCUT2D eigenvalue weighted by Crippen LogP contribution is 2.29. The SMILES string of the molecule is O=C(CC(c1ccccc1)c1ccccc1)NC[C@@H](c1cccs1)N1CCCC1. The molecule has 0 bridgehead atoms. The molecule has 0 spiro atoms. The standard InChI is InChI=1S/C25H28N2OS/c28-25(26-19-23(24-14-9-17-29-24)27-15-7-8-16-27)18-22(20-10-3-1-4-11-20)21-12-5-2-6-13-21/h1-6,9-14,17,22-23H,7-8,15-16,18-19H2,(H,26,28)/t23-/m0/s1. The normalized spacial score (nSPS) is 15.5. The van der Waals surface area contributed by atoms with E-state index < -0.39 is 0 Å². The van der Waals surface area contributed by atoms with Gasteiger partial charge in [-0.3, -0.25) is 9.69 Å². The number of rotatable bonds is 8. The first kappa shape index (κ1) is 19.9. The van der Waals surface area contributed by atoms with Crippen LogP contribution in [0.25, 0.3) is 0 Å². The van der Waals surface area contributed by atoms with Crippen molar-refractivity contribution in [2.45, 2.75) is 31.2 Å². The topological polar surface area (TPSA) is 32.3 Å². The predicted molar refractivity (Wildman–Crippen MR) is 120 cm³/mol. The third-order valence-electron chi connectivity index (χ3n) is 5.74. The Hall–Kier alpha value is -2.43. The second kappa shape index (κ2) is 9.86. The van der Waals surface area contributed by atoms with Gasteiger partial charge in [0.05, 0.1) is 6.04 Å². The van der Waals surface area contributed by atoms with Gasteiger partial charge >= 0.3 is 0 Å². The van der Waals surface area contributed by atoms with Gasteiger partial charge in [0.1, 0.15) is 0 Å². The van der Waals surface area contributed by atoms with Crippen LogP contribution in [0, 0.1) is 0 Å². The molecule has 1 saturated heterocycles. The zero-order chi connectivity index (χ0) is 19.9. The summed E-state index contributed by atoms with van der Waals surface area (Å²) in [7, 11) is 0. The van der Waals surface area contributed by atoms with E-state index in [1.807, 2.05) is 36.4 Å². The number of thiophene rings is 1. The van der Waals surface area contributed by atoms with Gasteiger partial charge in [0.25, 0.3) is 0 Å². The number of amides is 1. The van der Waals surface area contributed by atoms with Crippen molar-refractivity contribution < 1.29 is 4.79 Å². The van der Waals surface area contributed by atoms with Gasteiger partial charge in [0.15, 0.2) is 0 Å². The number of carbonyl (C=O) groups excluding carboxylic acids is 1. The first-order valence-electron chi connectivity index (χ1n) is 10.5. The second-order valence-electron chi connectivity index (χ2n) is 7.66. The molecule has 29 heavy (non-hydrogen) atoms. The van der Waals surface area contributed by atoms with Gasteiger partial charge in [-0.25, -0.2) is 0 Å². The fourth-order valence-corrected chi connectivity index (χ4v) is 5.07. The van der Waals surface area contributed by atoms with Crippen molar-refractivity contribution in [1.29, 1.82) is 0 Å². The Morgan fingerprint density at radius 3 is 2.07 bits per heavy atom. The van der Waals surface area contributed by atoms with Gasteiger partial charge in [-0.15, -0.1) is 11.3 Å². The molecule has 1 aromatic heterocycles. The molecule has 1 amide bonds. The zero-order valence-electron chi connectivity index (χ0n) is 16.7. The summed E-state index contributed by atoms with van der Waals surface area (Å²) in [6, 6.07) is 25.3. The van der Waals surface area contributed by atoms with Crippen LogP contribution in [0.4, 0.5) is 0 Å². The lowest BCUT2D eigenvalue weighted by Crippen LogP contribution is -2.36. The molecule has 0 saturated carbocycles. The van der Waals surface area contributed by atoms with Crippen molar-refractivity contribution in [3.63, 3.8) is 0 Å². The third kappa shape index (κ3) is 5.14. The fraction of sp³-hybridized carbons (Fsp3) is 0.320. The molecule has 0 unspecified atom stereocenters. The fourth-order valence-electron chi connectivity index (χ4n) is 4.21. The van der Waals surface area contributed by atoms with Crippen molar-refractivity contribution in [2.75, 3.05) is 19.6 Å². The van der Waals surface area contributed by atoms with E-state index in [-0.39, 0.29) is 17.9 Å². The predicted octanol–water partition coefficient (Wildman–Crippen LogP) is 5.22. The lowest BCUT2D eigenvalue weighted by atomic mass is 9.88. The minimum atomic E-state index is 0.0735. The van der Waals surface area contributed by atoms with Gasteiger partial charge in [0, 0.05) is 23.8 Å². The average Bonchev–Trinajstić information content (AvgIpc) is 3.48. The van der Waals surface area contributed by atoms with Crippen LogP contribution in [0.5, 0.6) is 0 Å². The van der Waals surface area contributed by atoms with Crippen molar-refractivity contribution in [1.82, 2.24) is 10.2 Å². The molecule has 1 aliphatic rings. The molecule has 2 heterocycles. The Morgan fingerprint density at radius 2 is 1.52 bits per heavy atom. The van der Waals surface area contributed by atoms with Crippen LogP contribution >= 0.6 is 11.3 Å². The summed E-state index contributed by atoms with van der Waals surface area (Å²) in [5.41, 5.74) is 2.37. The highest BCUT2D eigenvalue weighted by molar-refractivity contribution is 7.10. The van der Waals surface area contributed by atoms with E-state index in [4.69, 9.17) is 0 Å². The van der Waals surface area contributed by atoms with Gasteiger partial charge in [-0.05, 0) is 48.5 Å². The average molecular weight is 405 g/mol. The van der Waals surface area contributed by atoms with Crippen LogP contribution in [0.2, 0.25) is 0 Å². The van der Waals surface area contributed by atoms with Gasteiger partial charge in [0.2, 0.25) is 5.91 Å². The summed E-state index contributed by atoms with van der Waals surface area (Å²) in [6.07, 6.45) is 2.96. The molecule has 0 aliphatic carbocycles. The number of carbonyl (C=O) groups is 1. The Labute approximate surface area is 177 Å². The number of likely N-dealkylation sites (tertiary alicyclic amines) is 1. The Kier molecular flexibility index (Phi) is 6.75. The molecule has 1 N–H and O–H groups in total. The van der Waals surface area contributed by atoms with E-state index in [0.717, 1.165) is 13.1 Å². The van der Waals surface area contributed by atoms with Crippen LogP contribution in [0.1, 0.15) is 47.2 Å². The molecule has 1 atom stereocenters. The summed E-state index contributed by atoms with van der Waals surface area (Å²) >= 11 is 1.78. The summed E-state index contributed by atoms with van der Waals surface area (Å²) in [5, 5.41) is 5.37. The first-order chi connectivity index (χ1) is 14.3. The van der Waals surface area contributed by atoms with Crippen LogP contribution in [0.15, 0.2) is 78.2 Å². The molecule has 1 aliphatic heterocycles. The quantitative estimate of drug-likeness (QED) is 0.558. The molecule has 150 valence electrons. The maximum absolute atomic E-state index is 13.0. The van der Waals surface area contributed by atoms with Crippen LogP contribution in [0.3, 0.4) is 0 Å². The van der Waals surface area contributed by atoms with E-state index in [2.05, 4.69) is 52.0 Å². The Morgan fingerprint density at radius 1 is 0.897 bits per heavy atom. The van der Waals surface area contributed by atoms with Crippen LogP contribution < -0.4 is 5.32 Å². The number of hydrogen-bond donors (Lipinski definition) is 1. The molecule has 4 rings (SSSR count). The molecule has 1 fully saturated rings. The summed E-state index contributed by atoms with van der Waals surface area (Å²) < 4.78 is 0. The lowest BCUT2D eigenvalue weighted by Gasteiger charge is -2.27. The Balaban J connectivity index is 1.45. The first-order valence-corrected chi connectivity index (χ1v) is 11.3. The molecule has 3 aromatic rings. The van der Waals surface area contributed by atoms with Gasteiger partial charge < -0.3 is 5.32 Å². The van der Waals surface area contributed by atoms with E-state index in [1.165, 1.54) is 28.8 Å². The number of benzene rings is 2. The minimum absolute atomic E-state index is 0.0735. The molecule has 0 radical (unpaired) electrons.